The molecule has 0 radical (unpaired) electrons. The Morgan fingerprint density at radius 2 is 2.17 bits per heavy atom. The van der Waals surface area contributed by atoms with Crippen molar-refractivity contribution in [1.82, 2.24) is 9.88 Å². The molecule has 0 bridgehead atoms. The van der Waals surface area contributed by atoms with Crippen molar-refractivity contribution < 1.29 is 9.53 Å². The molecule has 0 N–H and O–H groups in total. The monoisotopic (exact) mass is 345 g/mol. The van der Waals surface area contributed by atoms with Crippen molar-refractivity contribution >= 4 is 32.6 Å². The van der Waals surface area contributed by atoms with Gasteiger partial charge in [0, 0.05) is 33.3 Å². The number of carbonyl (C=O) groups excluding carboxylic acids is 1. The van der Waals surface area contributed by atoms with E-state index in [4.69, 9.17) is 9.72 Å². The normalized spacial score (nSPS) is 24.5. The number of hydrogen-bond acceptors (Lipinski definition) is 5. The third kappa shape index (κ3) is 2.67. The van der Waals surface area contributed by atoms with Crippen molar-refractivity contribution in [2.45, 2.75) is 19.3 Å². The number of nitrogens with zero attached hydrogens (tertiary/aromatic N) is 3. The lowest BCUT2D eigenvalue weighted by Gasteiger charge is -2.39. The van der Waals surface area contributed by atoms with Crippen LogP contribution in [0.25, 0.3) is 10.2 Å². The first-order valence-corrected chi connectivity index (χ1v) is 9.42. The van der Waals surface area contributed by atoms with E-state index in [0.29, 0.717) is 19.1 Å². The predicted octanol–water partition coefficient (Wildman–Crippen LogP) is 2.76. The summed E-state index contributed by atoms with van der Waals surface area (Å²) < 4.78 is 6.37. The number of ether oxygens (including phenoxy) is 1. The highest BCUT2D eigenvalue weighted by molar-refractivity contribution is 7.22. The molecule has 2 saturated heterocycles. The molecule has 6 heteroatoms. The quantitative estimate of drug-likeness (QED) is 0.855. The molecule has 4 rings (SSSR count). The van der Waals surface area contributed by atoms with Crippen LogP contribution < -0.4 is 4.90 Å². The molecule has 2 aliphatic heterocycles. The lowest BCUT2D eigenvalue weighted by molar-refractivity contribution is -0.145. The molecule has 0 aliphatic carbocycles. The second-order valence-corrected chi connectivity index (χ2v) is 7.81. The van der Waals surface area contributed by atoms with Crippen LogP contribution in [-0.4, -0.2) is 55.7 Å². The highest BCUT2D eigenvalue weighted by Gasteiger charge is 2.48. The van der Waals surface area contributed by atoms with Crippen LogP contribution in [0.5, 0.6) is 0 Å². The van der Waals surface area contributed by atoms with E-state index in [1.54, 1.807) is 18.4 Å². The van der Waals surface area contributed by atoms with Crippen LogP contribution in [0.1, 0.15) is 19.3 Å². The van der Waals surface area contributed by atoms with Gasteiger partial charge in [-0.25, -0.2) is 4.98 Å². The summed E-state index contributed by atoms with van der Waals surface area (Å²) in [5, 5.41) is 1.05. The van der Waals surface area contributed by atoms with E-state index < -0.39 is 0 Å². The van der Waals surface area contributed by atoms with Crippen LogP contribution in [0.4, 0.5) is 5.13 Å². The number of para-hydroxylation sites is 1. The van der Waals surface area contributed by atoms with Gasteiger partial charge in [0.15, 0.2) is 5.13 Å². The minimum absolute atomic E-state index is 0.218. The summed E-state index contributed by atoms with van der Waals surface area (Å²) in [6, 6.07) is 8.24. The summed E-state index contributed by atoms with van der Waals surface area (Å²) in [6.45, 7) is 3.91. The summed E-state index contributed by atoms with van der Waals surface area (Å²) in [7, 11) is 1.69. The van der Waals surface area contributed by atoms with Crippen LogP contribution >= 0.6 is 11.3 Å². The van der Waals surface area contributed by atoms with E-state index in [-0.39, 0.29) is 5.41 Å². The molecule has 2 aromatic rings. The molecular formula is C18H23N3O2S. The van der Waals surface area contributed by atoms with Crippen molar-refractivity contribution in [2.24, 2.45) is 5.41 Å². The van der Waals surface area contributed by atoms with Crippen molar-refractivity contribution in [3.05, 3.63) is 24.3 Å². The van der Waals surface area contributed by atoms with Gasteiger partial charge in [0.25, 0.3) is 0 Å². The standard InChI is InChI=1S/C18H23N3O2S/c1-23-12-11-20-9-4-7-18(16(20)22)8-10-21(13-18)17-19-14-5-2-3-6-15(14)24-17/h2-3,5-6H,4,7-13H2,1H3. The van der Waals surface area contributed by atoms with Crippen molar-refractivity contribution in [1.29, 1.82) is 0 Å². The van der Waals surface area contributed by atoms with E-state index in [0.717, 1.165) is 49.5 Å². The SMILES string of the molecule is COCCN1CCCC2(CCN(c3nc4ccccc4s3)C2)C1=O. The Morgan fingerprint density at radius 3 is 3.00 bits per heavy atom. The molecule has 1 spiro atoms. The molecular weight excluding hydrogens is 322 g/mol. The first kappa shape index (κ1) is 15.8. The van der Waals surface area contributed by atoms with E-state index in [1.165, 1.54) is 4.70 Å². The summed E-state index contributed by atoms with van der Waals surface area (Å²) in [6.07, 6.45) is 3.02. The van der Waals surface area contributed by atoms with Gasteiger partial charge in [-0.1, -0.05) is 23.5 Å². The van der Waals surface area contributed by atoms with E-state index in [9.17, 15) is 4.79 Å². The zero-order chi connectivity index (χ0) is 16.6. The zero-order valence-electron chi connectivity index (χ0n) is 14.0. The van der Waals surface area contributed by atoms with Gasteiger partial charge in [0.05, 0.1) is 22.2 Å². The highest BCUT2D eigenvalue weighted by atomic mass is 32.1. The lowest BCUT2D eigenvalue weighted by Crippen LogP contribution is -2.50. The van der Waals surface area contributed by atoms with Gasteiger partial charge in [0.2, 0.25) is 5.91 Å². The summed E-state index contributed by atoms with van der Waals surface area (Å²) >= 11 is 1.73. The molecule has 128 valence electrons. The lowest BCUT2D eigenvalue weighted by atomic mass is 9.78. The highest BCUT2D eigenvalue weighted by Crippen LogP contribution is 2.43. The minimum Gasteiger partial charge on any atom is -0.383 e. The molecule has 2 fully saturated rings. The fourth-order valence-corrected chi connectivity index (χ4v) is 4.97. The third-order valence-corrected chi connectivity index (χ3v) is 6.39. The summed E-state index contributed by atoms with van der Waals surface area (Å²) in [5.41, 5.74) is 0.833. The summed E-state index contributed by atoms with van der Waals surface area (Å²) in [5.74, 6) is 0.314. The topological polar surface area (TPSA) is 45.7 Å². The Balaban J connectivity index is 1.53. The third-order valence-electron chi connectivity index (χ3n) is 5.30. The number of methoxy groups -OCH3 is 1. The predicted molar refractivity (Wildman–Crippen MR) is 96.6 cm³/mol. The van der Waals surface area contributed by atoms with Crippen molar-refractivity contribution in [3.8, 4) is 0 Å². The maximum Gasteiger partial charge on any atom is 0.230 e. The smallest absolute Gasteiger partial charge is 0.230 e. The van der Waals surface area contributed by atoms with Gasteiger partial charge in [-0.2, -0.15) is 0 Å². The minimum atomic E-state index is -0.218. The molecule has 5 nitrogen and oxygen atoms in total. The number of hydrogen-bond donors (Lipinski definition) is 0. The summed E-state index contributed by atoms with van der Waals surface area (Å²) in [4.78, 5) is 22.1. The first-order chi connectivity index (χ1) is 11.7. The van der Waals surface area contributed by atoms with Gasteiger partial charge in [-0.3, -0.25) is 4.79 Å². The number of carbonyl (C=O) groups is 1. The van der Waals surface area contributed by atoms with Crippen LogP contribution in [0, 0.1) is 5.41 Å². The molecule has 1 atom stereocenters. The van der Waals surface area contributed by atoms with Crippen LogP contribution in [-0.2, 0) is 9.53 Å². The Hall–Kier alpha value is -1.66. The molecule has 1 aromatic heterocycles. The number of amides is 1. The number of anilines is 1. The molecule has 3 heterocycles. The van der Waals surface area contributed by atoms with Crippen LogP contribution in [0.3, 0.4) is 0 Å². The van der Waals surface area contributed by atoms with E-state index in [1.807, 2.05) is 17.0 Å². The maximum atomic E-state index is 13.0. The molecule has 24 heavy (non-hydrogen) atoms. The molecule has 1 amide bonds. The number of likely N-dealkylation sites (tertiary alicyclic amines) is 1. The average molecular weight is 345 g/mol. The Labute approximate surface area is 146 Å². The van der Waals surface area contributed by atoms with Gasteiger partial charge < -0.3 is 14.5 Å². The van der Waals surface area contributed by atoms with Gasteiger partial charge in [-0.15, -0.1) is 0 Å². The van der Waals surface area contributed by atoms with Crippen LogP contribution in [0.2, 0.25) is 0 Å². The fourth-order valence-electron chi connectivity index (χ4n) is 3.98. The van der Waals surface area contributed by atoms with E-state index >= 15 is 0 Å². The molecule has 1 aromatic carbocycles. The second-order valence-electron chi connectivity index (χ2n) is 6.80. The Kier molecular flexibility index (Phi) is 4.18. The van der Waals surface area contributed by atoms with Crippen molar-refractivity contribution in [3.63, 3.8) is 0 Å². The number of benzene rings is 1. The number of fused-ring (bicyclic) bond motifs is 1. The first-order valence-electron chi connectivity index (χ1n) is 8.61. The van der Waals surface area contributed by atoms with Crippen molar-refractivity contribution in [2.75, 3.05) is 44.8 Å². The van der Waals surface area contributed by atoms with Crippen LogP contribution in [0.15, 0.2) is 24.3 Å². The fraction of sp³-hybridized carbons (Fsp3) is 0.556. The average Bonchev–Trinajstić information content (AvgIpc) is 3.21. The second kappa shape index (κ2) is 6.33. The number of rotatable bonds is 4. The van der Waals surface area contributed by atoms with Gasteiger partial charge >= 0.3 is 0 Å². The largest absolute Gasteiger partial charge is 0.383 e. The maximum absolute atomic E-state index is 13.0. The molecule has 0 saturated carbocycles. The number of thiazole rings is 1. The van der Waals surface area contributed by atoms with Gasteiger partial charge in [0.1, 0.15) is 0 Å². The Bertz CT molecular complexity index is 714. The zero-order valence-corrected chi connectivity index (χ0v) is 14.8. The molecule has 1 unspecified atom stereocenters. The molecule has 2 aliphatic rings. The van der Waals surface area contributed by atoms with E-state index in [2.05, 4.69) is 17.0 Å². The van der Waals surface area contributed by atoms with Gasteiger partial charge in [-0.05, 0) is 31.4 Å². The number of aromatic nitrogens is 1. The Morgan fingerprint density at radius 1 is 1.29 bits per heavy atom. The number of piperidine rings is 1.